The van der Waals surface area contributed by atoms with Crippen LogP contribution in [0, 0.1) is 0 Å². The van der Waals surface area contributed by atoms with Crippen LogP contribution >= 0.6 is 12.6 Å². The minimum Gasteiger partial charge on any atom is -0.378 e. The van der Waals surface area contributed by atoms with E-state index in [1.165, 1.54) is 32.1 Å². The van der Waals surface area contributed by atoms with Crippen molar-refractivity contribution in [1.82, 2.24) is 0 Å². The average molecular weight is 174 g/mol. The molecule has 0 bridgehead atoms. The Morgan fingerprint density at radius 2 is 2.45 bits per heavy atom. The first-order chi connectivity index (χ1) is 5.29. The molecule has 0 aliphatic carbocycles. The number of thiol groups is 1. The van der Waals surface area contributed by atoms with Crippen molar-refractivity contribution < 1.29 is 4.74 Å². The lowest BCUT2D eigenvalue weighted by Crippen LogP contribution is -2.05. The van der Waals surface area contributed by atoms with Crippen molar-refractivity contribution >= 4 is 12.6 Å². The molecule has 0 N–H and O–H groups in total. The van der Waals surface area contributed by atoms with E-state index < -0.39 is 0 Å². The summed E-state index contributed by atoms with van der Waals surface area (Å²) < 4.78 is 5.51. The van der Waals surface area contributed by atoms with Crippen LogP contribution in [0.2, 0.25) is 0 Å². The zero-order valence-electron chi connectivity index (χ0n) is 7.25. The molecule has 1 nitrogen and oxygen atoms in total. The summed E-state index contributed by atoms with van der Waals surface area (Å²) in [5, 5.41) is 0.552. The molecule has 0 amide bonds. The molecule has 0 aromatic carbocycles. The van der Waals surface area contributed by atoms with Crippen LogP contribution in [0.5, 0.6) is 0 Å². The van der Waals surface area contributed by atoms with E-state index in [1.54, 1.807) is 0 Å². The molecule has 2 heteroatoms. The second-order valence-electron chi connectivity index (χ2n) is 3.41. The Labute approximate surface area is 74.9 Å². The van der Waals surface area contributed by atoms with Crippen molar-refractivity contribution in [3.8, 4) is 0 Å². The van der Waals surface area contributed by atoms with Gasteiger partial charge in [-0.3, -0.25) is 0 Å². The zero-order valence-corrected chi connectivity index (χ0v) is 8.15. The Balaban J connectivity index is 1.94. The predicted octanol–water partition coefficient (Wildman–Crippen LogP) is 2.65. The molecule has 0 spiro atoms. The molecule has 1 rings (SSSR count). The van der Waals surface area contributed by atoms with Crippen LogP contribution in [0.1, 0.15) is 39.0 Å². The van der Waals surface area contributed by atoms with Gasteiger partial charge in [-0.25, -0.2) is 0 Å². The molecule has 1 aliphatic heterocycles. The summed E-state index contributed by atoms with van der Waals surface area (Å²) in [6.45, 7) is 3.14. The molecule has 1 aliphatic rings. The monoisotopic (exact) mass is 174 g/mol. The molecule has 66 valence electrons. The van der Waals surface area contributed by atoms with E-state index in [1.807, 2.05) is 0 Å². The topological polar surface area (TPSA) is 9.23 Å². The van der Waals surface area contributed by atoms with Crippen LogP contribution in [0.15, 0.2) is 0 Å². The van der Waals surface area contributed by atoms with Gasteiger partial charge in [0, 0.05) is 6.61 Å². The third-order valence-corrected chi connectivity index (χ3v) is 2.43. The van der Waals surface area contributed by atoms with E-state index in [4.69, 9.17) is 4.74 Å². The van der Waals surface area contributed by atoms with Gasteiger partial charge in [0.25, 0.3) is 0 Å². The highest BCUT2D eigenvalue weighted by Gasteiger charge is 2.14. The van der Waals surface area contributed by atoms with Gasteiger partial charge in [0.15, 0.2) is 0 Å². The Kier molecular flexibility index (Phi) is 4.31. The van der Waals surface area contributed by atoms with Crippen LogP contribution < -0.4 is 0 Å². The molecular formula is C9H18OS. The van der Waals surface area contributed by atoms with Gasteiger partial charge in [0.1, 0.15) is 0 Å². The molecule has 2 unspecified atom stereocenters. The quantitative estimate of drug-likeness (QED) is 0.645. The SMILES string of the molecule is CC(S)CCCC1CCCO1. The molecule has 1 saturated heterocycles. The van der Waals surface area contributed by atoms with Crippen LogP contribution in [0.4, 0.5) is 0 Å². The van der Waals surface area contributed by atoms with Crippen LogP contribution in [-0.2, 0) is 4.74 Å². The lowest BCUT2D eigenvalue weighted by Gasteiger charge is -2.09. The van der Waals surface area contributed by atoms with Gasteiger partial charge in [-0.05, 0) is 37.4 Å². The summed E-state index contributed by atoms with van der Waals surface area (Å²) in [5.41, 5.74) is 0. The molecule has 0 aromatic rings. The predicted molar refractivity (Wildman–Crippen MR) is 51.3 cm³/mol. The molecule has 0 saturated carbocycles. The van der Waals surface area contributed by atoms with E-state index >= 15 is 0 Å². The summed E-state index contributed by atoms with van der Waals surface area (Å²) in [6, 6.07) is 0. The minimum absolute atomic E-state index is 0.552. The maximum absolute atomic E-state index is 5.51. The molecular weight excluding hydrogens is 156 g/mol. The van der Waals surface area contributed by atoms with Gasteiger partial charge in [-0.1, -0.05) is 6.92 Å². The third-order valence-electron chi connectivity index (χ3n) is 2.17. The van der Waals surface area contributed by atoms with E-state index in [-0.39, 0.29) is 0 Å². The van der Waals surface area contributed by atoms with Crippen LogP contribution in [0.25, 0.3) is 0 Å². The zero-order chi connectivity index (χ0) is 8.10. The third kappa shape index (κ3) is 4.02. The molecule has 0 aromatic heterocycles. The van der Waals surface area contributed by atoms with Crippen molar-refractivity contribution in [3.63, 3.8) is 0 Å². The molecule has 2 atom stereocenters. The number of rotatable bonds is 4. The van der Waals surface area contributed by atoms with Gasteiger partial charge >= 0.3 is 0 Å². The van der Waals surface area contributed by atoms with Crippen molar-refractivity contribution in [3.05, 3.63) is 0 Å². The highest BCUT2D eigenvalue weighted by molar-refractivity contribution is 7.80. The maximum atomic E-state index is 5.51. The standard InChI is InChI=1S/C9H18OS/c1-8(11)4-2-5-9-6-3-7-10-9/h8-9,11H,2-7H2,1H3. The number of hydrogen-bond donors (Lipinski definition) is 1. The van der Waals surface area contributed by atoms with Crippen molar-refractivity contribution in [2.24, 2.45) is 0 Å². The molecule has 11 heavy (non-hydrogen) atoms. The summed E-state index contributed by atoms with van der Waals surface area (Å²) in [7, 11) is 0. The minimum atomic E-state index is 0.552. The summed E-state index contributed by atoms with van der Waals surface area (Å²) >= 11 is 4.33. The van der Waals surface area contributed by atoms with Crippen molar-refractivity contribution in [2.75, 3.05) is 6.61 Å². The fraction of sp³-hybridized carbons (Fsp3) is 1.00. The number of hydrogen-bond acceptors (Lipinski definition) is 2. The van der Waals surface area contributed by atoms with Gasteiger partial charge in [-0.2, -0.15) is 12.6 Å². The van der Waals surface area contributed by atoms with Gasteiger partial charge < -0.3 is 4.74 Å². The van der Waals surface area contributed by atoms with Gasteiger partial charge in [-0.15, -0.1) is 0 Å². The number of ether oxygens (including phenoxy) is 1. The summed E-state index contributed by atoms with van der Waals surface area (Å²) in [5.74, 6) is 0. The first-order valence-electron chi connectivity index (χ1n) is 4.58. The largest absolute Gasteiger partial charge is 0.378 e. The van der Waals surface area contributed by atoms with Crippen LogP contribution in [-0.4, -0.2) is 18.0 Å². The first-order valence-corrected chi connectivity index (χ1v) is 5.10. The lowest BCUT2D eigenvalue weighted by molar-refractivity contribution is 0.102. The van der Waals surface area contributed by atoms with Crippen molar-refractivity contribution in [2.45, 2.75) is 50.4 Å². The van der Waals surface area contributed by atoms with Crippen LogP contribution in [0.3, 0.4) is 0 Å². The molecule has 1 fully saturated rings. The van der Waals surface area contributed by atoms with E-state index in [2.05, 4.69) is 19.6 Å². The van der Waals surface area contributed by atoms with E-state index in [0.717, 1.165) is 6.61 Å². The highest BCUT2D eigenvalue weighted by Crippen LogP contribution is 2.18. The maximum Gasteiger partial charge on any atom is 0.0576 e. The Hall–Kier alpha value is 0.310. The average Bonchev–Trinajstić information content (AvgIpc) is 2.39. The Morgan fingerprint density at radius 1 is 1.64 bits per heavy atom. The Morgan fingerprint density at radius 3 is 3.00 bits per heavy atom. The van der Waals surface area contributed by atoms with E-state index in [0.29, 0.717) is 11.4 Å². The fourth-order valence-electron chi connectivity index (χ4n) is 1.51. The van der Waals surface area contributed by atoms with Gasteiger partial charge in [0.05, 0.1) is 6.10 Å². The van der Waals surface area contributed by atoms with E-state index in [9.17, 15) is 0 Å². The normalized spacial score (nSPS) is 27.3. The second kappa shape index (κ2) is 5.04. The Bertz CT molecular complexity index is 97.7. The van der Waals surface area contributed by atoms with Gasteiger partial charge in [0.2, 0.25) is 0 Å². The molecule has 1 heterocycles. The van der Waals surface area contributed by atoms with Crippen molar-refractivity contribution in [1.29, 1.82) is 0 Å². The summed E-state index contributed by atoms with van der Waals surface area (Å²) in [6.07, 6.45) is 6.85. The smallest absolute Gasteiger partial charge is 0.0576 e. The second-order valence-corrected chi connectivity index (χ2v) is 4.30. The fourth-order valence-corrected chi connectivity index (χ4v) is 1.70. The lowest BCUT2D eigenvalue weighted by atomic mass is 10.1. The molecule has 0 radical (unpaired) electrons. The first kappa shape index (κ1) is 9.40. The highest BCUT2D eigenvalue weighted by atomic mass is 32.1. The summed E-state index contributed by atoms with van der Waals surface area (Å²) in [4.78, 5) is 0.